The van der Waals surface area contributed by atoms with E-state index in [0.717, 1.165) is 42.8 Å². The Morgan fingerprint density at radius 1 is 1.26 bits per heavy atom. The van der Waals surface area contributed by atoms with Crippen molar-refractivity contribution in [3.05, 3.63) is 26.6 Å². The molecule has 9 nitrogen and oxygen atoms in total. The highest BCUT2D eigenvalue weighted by Gasteiger charge is 2.42. The SMILES string of the molecule is Cc1c(C(=O)OCC(=O)N(C2CC2)[C@H]2CCS(=O)(=O)C2)sc2nc3n(c(=O)c12)CCC3. The number of aryl methyl sites for hydroxylation is 2. The van der Waals surface area contributed by atoms with Crippen molar-refractivity contribution >= 4 is 43.3 Å². The van der Waals surface area contributed by atoms with E-state index in [4.69, 9.17) is 4.74 Å². The molecule has 1 aliphatic carbocycles. The number of aromatic nitrogens is 2. The second-order valence-electron chi connectivity index (χ2n) is 8.49. The average molecular weight is 466 g/mol. The summed E-state index contributed by atoms with van der Waals surface area (Å²) in [7, 11) is -3.12. The molecule has 3 aliphatic rings. The molecule has 0 bridgehead atoms. The Hall–Kier alpha value is -2.27. The number of sulfone groups is 1. The summed E-state index contributed by atoms with van der Waals surface area (Å²) in [5.74, 6) is -0.233. The zero-order valence-electron chi connectivity index (χ0n) is 17.1. The highest BCUT2D eigenvalue weighted by atomic mass is 32.2. The van der Waals surface area contributed by atoms with Crippen molar-refractivity contribution in [3.8, 4) is 0 Å². The first-order valence-electron chi connectivity index (χ1n) is 10.5. The van der Waals surface area contributed by atoms with Crippen LogP contribution in [0.4, 0.5) is 0 Å². The molecule has 2 aliphatic heterocycles. The van der Waals surface area contributed by atoms with Gasteiger partial charge in [0.1, 0.15) is 15.5 Å². The van der Waals surface area contributed by atoms with Crippen molar-refractivity contribution in [3.63, 3.8) is 0 Å². The molecule has 5 rings (SSSR count). The fourth-order valence-electron chi connectivity index (χ4n) is 4.59. The molecule has 2 aromatic rings. The maximum atomic E-state index is 12.8. The minimum absolute atomic E-state index is 0.0289. The van der Waals surface area contributed by atoms with Crippen molar-refractivity contribution in [2.75, 3.05) is 18.1 Å². The summed E-state index contributed by atoms with van der Waals surface area (Å²) in [5.41, 5.74) is 0.391. The van der Waals surface area contributed by atoms with Crippen LogP contribution < -0.4 is 5.56 Å². The summed E-state index contributed by atoms with van der Waals surface area (Å²) in [6.07, 6.45) is 3.73. The molecule has 0 aromatic carbocycles. The number of thiophene rings is 1. The maximum absolute atomic E-state index is 12.8. The van der Waals surface area contributed by atoms with E-state index in [1.165, 1.54) is 0 Å². The van der Waals surface area contributed by atoms with Crippen molar-refractivity contribution in [2.24, 2.45) is 0 Å². The van der Waals surface area contributed by atoms with Gasteiger partial charge < -0.3 is 9.64 Å². The van der Waals surface area contributed by atoms with Gasteiger partial charge in [-0.05, 0) is 38.2 Å². The lowest BCUT2D eigenvalue weighted by Gasteiger charge is -2.28. The molecule has 1 saturated heterocycles. The molecule has 11 heteroatoms. The monoisotopic (exact) mass is 465 g/mol. The van der Waals surface area contributed by atoms with E-state index in [0.29, 0.717) is 28.7 Å². The van der Waals surface area contributed by atoms with Crippen LogP contribution in [0, 0.1) is 6.92 Å². The molecule has 0 N–H and O–H groups in total. The van der Waals surface area contributed by atoms with Crippen molar-refractivity contribution < 1.29 is 22.7 Å². The lowest BCUT2D eigenvalue weighted by atomic mass is 10.2. The number of hydrogen-bond acceptors (Lipinski definition) is 8. The van der Waals surface area contributed by atoms with Gasteiger partial charge in [0, 0.05) is 25.0 Å². The number of carbonyl (C=O) groups is 2. The van der Waals surface area contributed by atoms with Crippen molar-refractivity contribution in [1.82, 2.24) is 14.5 Å². The molecule has 1 amide bonds. The number of ether oxygens (including phenoxy) is 1. The minimum atomic E-state index is -3.12. The first-order chi connectivity index (χ1) is 14.7. The predicted molar refractivity (Wildman–Crippen MR) is 114 cm³/mol. The standard InChI is InChI=1S/C20H23N3O6S2/c1-11-16-18(21-14-3-2-7-22(14)19(16)25)30-17(11)20(26)29-9-15(24)23(12-4-5-12)13-6-8-31(27,28)10-13/h12-13H,2-10H2,1H3/t13-/m0/s1. The Balaban J connectivity index is 1.33. The second kappa shape index (κ2) is 7.40. The highest BCUT2D eigenvalue weighted by molar-refractivity contribution is 7.91. The number of rotatable bonds is 5. The second-order valence-corrected chi connectivity index (χ2v) is 11.7. The van der Waals surface area contributed by atoms with E-state index in [1.54, 1.807) is 16.4 Å². The van der Waals surface area contributed by atoms with Gasteiger partial charge in [-0.25, -0.2) is 18.2 Å². The third-order valence-corrected chi connectivity index (χ3v) is 9.17. The van der Waals surface area contributed by atoms with E-state index in [2.05, 4.69) is 4.98 Å². The topological polar surface area (TPSA) is 116 Å². The van der Waals surface area contributed by atoms with E-state index < -0.39 is 22.4 Å². The number of amides is 1. The normalized spacial score (nSPS) is 21.9. The van der Waals surface area contributed by atoms with Gasteiger partial charge in [0.15, 0.2) is 16.4 Å². The lowest BCUT2D eigenvalue weighted by Crippen LogP contribution is -2.44. The summed E-state index contributed by atoms with van der Waals surface area (Å²) in [6, 6.07) is -0.316. The lowest BCUT2D eigenvalue weighted by molar-refractivity contribution is -0.137. The fraction of sp³-hybridized carbons (Fsp3) is 0.600. The average Bonchev–Trinajstić information content (AvgIpc) is 3.15. The fourth-order valence-corrected chi connectivity index (χ4v) is 7.39. The van der Waals surface area contributed by atoms with Crippen LogP contribution >= 0.6 is 11.3 Å². The summed E-state index contributed by atoms with van der Waals surface area (Å²) >= 11 is 1.11. The minimum Gasteiger partial charge on any atom is -0.451 e. The Bertz CT molecular complexity index is 1260. The van der Waals surface area contributed by atoms with E-state index >= 15 is 0 Å². The molecule has 2 aromatic heterocycles. The highest BCUT2D eigenvalue weighted by Crippen LogP contribution is 2.33. The third-order valence-electron chi connectivity index (χ3n) is 6.25. The van der Waals surface area contributed by atoms with Crippen LogP contribution in [0.15, 0.2) is 4.79 Å². The van der Waals surface area contributed by atoms with Crippen molar-refractivity contribution in [1.29, 1.82) is 0 Å². The largest absolute Gasteiger partial charge is 0.451 e. The molecule has 4 heterocycles. The zero-order chi connectivity index (χ0) is 21.9. The van der Waals surface area contributed by atoms with Crippen LogP contribution in [0.1, 0.15) is 46.7 Å². The van der Waals surface area contributed by atoms with Gasteiger partial charge in [-0.2, -0.15) is 0 Å². The number of esters is 1. The zero-order valence-corrected chi connectivity index (χ0v) is 18.8. The van der Waals surface area contributed by atoms with Crippen LogP contribution in [0.3, 0.4) is 0 Å². The maximum Gasteiger partial charge on any atom is 0.349 e. The van der Waals surface area contributed by atoms with Gasteiger partial charge >= 0.3 is 5.97 Å². The van der Waals surface area contributed by atoms with Crippen LogP contribution in [-0.2, 0) is 32.3 Å². The van der Waals surface area contributed by atoms with Crippen LogP contribution in [0.2, 0.25) is 0 Å². The van der Waals surface area contributed by atoms with Gasteiger partial charge in [-0.1, -0.05) is 0 Å². The molecule has 1 saturated carbocycles. The Morgan fingerprint density at radius 3 is 2.71 bits per heavy atom. The van der Waals surface area contributed by atoms with Gasteiger partial charge in [0.2, 0.25) is 0 Å². The molecule has 2 fully saturated rings. The van der Waals surface area contributed by atoms with Gasteiger partial charge in [0.25, 0.3) is 11.5 Å². The molecular weight excluding hydrogens is 442 g/mol. The van der Waals surface area contributed by atoms with E-state index in [1.807, 2.05) is 0 Å². The number of nitrogens with zero attached hydrogens (tertiary/aromatic N) is 3. The molecule has 166 valence electrons. The molecule has 0 unspecified atom stereocenters. The van der Waals surface area contributed by atoms with Crippen LogP contribution in [0.5, 0.6) is 0 Å². The van der Waals surface area contributed by atoms with Crippen LogP contribution in [0.25, 0.3) is 10.2 Å². The molecule has 1 atom stereocenters. The Labute approximate surface area is 182 Å². The third kappa shape index (κ3) is 3.67. The van der Waals surface area contributed by atoms with Gasteiger partial charge in [-0.3, -0.25) is 14.2 Å². The van der Waals surface area contributed by atoms with Gasteiger partial charge in [0.05, 0.1) is 16.9 Å². The Kier molecular flexibility index (Phi) is 4.93. The number of fused-ring (bicyclic) bond motifs is 2. The van der Waals surface area contributed by atoms with E-state index in [9.17, 15) is 22.8 Å². The summed E-state index contributed by atoms with van der Waals surface area (Å²) in [4.78, 5) is 45.2. The van der Waals surface area contributed by atoms with Crippen molar-refractivity contribution in [2.45, 2.75) is 57.7 Å². The van der Waals surface area contributed by atoms with Gasteiger partial charge in [-0.15, -0.1) is 11.3 Å². The molecule has 0 spiro atoms. The summed E-state index contributed by atoms with van der Waals surface area (Å²) in [5, 5.41) is 0.435. The predicted octanol–water partition coefficient (Wildman–Crippen LogP) is 1.05. The smallest absolute Gasteiger partial charge is 0.349 e. The quantitative estimate of drug-likeness (QED) is 0.606. The first kappa shape index (κ1) is 20.6. The molecule has 31 heavy (non-hydrogen) atoms. The number of hydrogen-bond donors (Lipinski definition) is 0. The summed E-state index contributed by atoms with van der Waals surface area (Å²) < 4.78 is 30.6. The molecule has 0 radical (unpaired) electrons. The first-order valence-corrected chi connectivity index (χ1v) is 13.1. The molecular formula is C20H23N3O6S2. The summed E-state index contributed by atoms with van der Waals surface area (Å²) in [6.45, 7) is 1.89. The number of carbonyl (C=O) groups excluding carboxylic acids is 2. The Morgan fingerprint density at radius 2 is 2.03 bits per heavy atom. The van der Waals surface area contributed by atoms with Crippen LogP contribution in [-0.4, -0.2) is 64.9 Å². The van der Waals surface area contributed by atoms with E-state index in [-0.39, 0.29) is 39.9 Å².